The molecule has 2 heterocycles. The fourth-order valence-corrected chi connectivity index (χ4v) is 3.37. The van der Waals surface area contributed by atoms with E-state index in [4.69, 9.17) is 0 Å². The molecule has 0 aromatic heterocycles. The molecule has 0 aromatic carbocycles. The highest BCUT2D eigenvalue weighted by molar-refractivity contribution is 5.89. The van der Waals surface area contributed by atoms with Crippen LogP contribution in [-0.2, 0) is 9.59 Å². The molecule has 4 nitrogen and oxygen atoms in total. The van der Waals surface area contributed by atoms with E-state index in [1.54, 1.807) is 0 Å². The normalized spacial score (nSPS) is 27.2. The van der Waals surface area contributed by atoms with Crippen molar-refractivity contribution in [1.29, 1.82) is 0 Å². The van der Waals surface area contributed by atoms with Crippen LogP contribution < -0.4 is 0 Å². The lowest BCUT2D eigenvalue weighted by atomic mass is 9.99. The standard InChI is InChI=1S/C16H28N2O2/c1-3-4-6-9-17-12-14(11-15(17)19)16(20)18-10-7-5-8-13(18)2/h13-14H,3-12H2,1-2H3. The second-order valence-electron chi connectivity index (χ2n) is 6.32. The van der Waals surface area contributed by atoms with Crippen LogP contribution in [0.3, 0.4) is 0 Å². The molecule has 2 saturated heterocycles. The average Bonchev–Trinajstić information content (AvgIpc) is 2.80. The first-order chi connectivity index (χ1) is 9.63. The Morgan fingerprint density at radius 1 is 1.30 bits per heavy atom. The van der Waals surface area contributed by atoms with Crippen LogP contribution in [0.2, 0.25) is 0 Å². The molecule has 2 atom stereocenters. The lowest BCUT2D eigenvalue weighted by Gasteiger charge is -2.35. The first-order valence-electron chi connectivity index (χ1n) is 8.21. The topological polar surface area (TPSA) is 40.6 Å². The predicted octanol–water partition coefficient (Wildman–Crippen LogP) is 2.43. The van der Waals surface area contributed by atoms with Crippen LogP contribution in [0.25, 0.3) is 0 Å². The summed E-state index contributed by atoms with van der Waals surface area (Å²) >= 11 is 0. The second kappa shape index (κ2) is 7.09. The zero-order valence-corrected chi connectivity index (χ0v) is 12.9. The summed E-state index contributed by atoms with van der Waals surface area (Å²) in [6.07, 6.45) is 7.24. The molecule has 2 rings (SSSR count). The molecule has 0 radical (unpaired) electrons. The fraction of sp³-hybridized carbons (Fsp3) is 0.875. The van der Waals surface area contributed by atoms with E-state index >= 15 is 0 Å². The highest BCUT2D eigenvalue weighted by Gasteiger charge is 2.37. The van der Waals surface area contributed by atoms with E-state index in [9.17, 15) is 9.59 Å². The van der Waals surface area contributed by atoms with Gasteiger partial charge in [-0.05, 0) is 32.6 Å². The van der Waals surface area contributed by atoms with Crippen molar-refractivity contribution in [2.24, 2.45) is 5.92 Å². The van der Waals surface area contributed by atoms with Gasteiger partial charge in [0, 0.05) is 32.1 Å². The third-order valence-electron chi connectivity index (χ3n) is 4.68. The molecule has 20 heavy (non-hydrogen) atoms. The maximum Gasteiger partial charge on any atom is 0.228 e. The van der Waals surface area contributed by atoms with Gasteiger partial charge in [-0.1, -0.05) is 19.8 Å². The van der Waals surface area contributed by atoms with Crippen LogP contribution in [0.1, 0.15) is 58.8 Å². The van der Waals surface area contributed by atoms with Gasteiger partial charge in [0.05, 0.1) is 5.92 Å². The Morgan fingerprint density at radius 2 is 2.10 bits per heavy atom. The van der Waals surface area contributed by atoms with Crippen molar-refractivity contribution in [3.63, 3.8) is 0 Å². The fourth-order valence-electron chi connectivity index (χ4n) is 3.37. The Bertz CT molecular complexity index is 356. The maximum atomic E-state index is 12.6. The van der Waals surface area contributed by atoms with Gasteiger partial charge in [0.1, 0.15) is 0 Å². The Balaban J connectivity index is 1.87. The van der Waals surface area contributed by atoms with Crippen LogP contribution >= 0.6 is 0 Å². The van der Waals surface area contributed by atoms with Gasteiger partial charge >= 0.3 is 0 Å². The summed E-state index contributed by atoms with van der Waals surface area (Å²) in [6, 6.07) is 0.348. The maximum absolute atomic E-state index is 12.6. The Hall–Kier alpha value is -1.06. The second-order valence-corrected chi connectivity index (χ2v) is 6.32. The Labute approximate surface area is 122 Å². The minimum Gasteiger partial charge on any atom is -0.342 e. The van der Waals surface area contributed by atoms with Crippen LogP contribution in [0.15, 0.2) is 0 Å². The number of likely N-dealkylation sites (tertiary alicyclic amines) is 2. The number of unbranched alkanes of at least 4 members (excludes halogenated alkanes) is 2. The smallest absolute Gasteiger partial charge is 0.228 e. The number of amides is 2. The van der Waals surface area contributed by atoms with E-state index in [1.807, 2.05) is 9.80 Å². The van der Waals surface area contributed by atoms with Gasteiger partial charge in [-0.25, -0.2) is 0 Å². The zero-order chi connectivity index (χ0) is 14.5. The van der Waals surface area contributed by atoms with Crippen molar-refractivity contribution in [2.75, 3.05) is 19.6 Å². The molecule has 114 valence electrons. The summed E-state index contributed by atoms with van der Waals surface area (Å²) in [5.74, 6) is 0.289. The van der Waals surface area contributed by atoms with Crippen LogP contribution in [0, 0.1) is 5.92 Å². The van der Waals surface area contributed by atoms with Crippen molar-refractivity contribution in [2.45, 2.75) is 64.8 Å². The molecular weight excluding hydrogens is 252 g/mol. The molecule has 0 spiro atoms. The van der Waals surface area contributed by atoms with Gasteiger partial charge in [-0.3, -0.25) is 9.59 Å². The van der Waals surface area contributed by atoms with Gasteiger partial charge in [-0.15, -0.1) is 0 Å². The molecule has 2 unspecified atom stereocenters. The van der Waals surface area contributed by atoms with E-state index in [-0.39, 0.29) is 17.7 Å². The van der Waals surface area contributed by atoms with Crippen molar-refractivity contribution >= 4 is 11.8 Å². The van der Waals surface area contributed by atoms with Crippen LogP contribution in [0.4, 0.5) is 0 Å². The van der Waals surface area contributed by atoms with Gasteiger partial charge in [-0.2, -0.15) is 0 Å². The largest absolute Gasteiger partial charge is 0.342 e. The number of hydrogen-bond acceptors (Lipinski definition) is 2. The minimum atomic E-state index is -0.0929. The molecule has 2 fully saturated rings. The summed E-state index contributed by atoms with van der Waals surface area (Å²) < 4.78 is 0. The number of rotatable bonds is 5. The number of nitrogens with zero attached hydrogens (tertiary/aromatic N) is 2. The average molecular weight is 280 g/mol. The summed E-state index contributed by atoms with van der Waals surface area (Å²) in [7, 11) is 0. The van der Waals surface area contributed by atoms with Crippen molar-refractivity contribution < 1.29 is 9.59 Å². The molecule has 2 amide bonds. The zero-order valence-electron chi connectivity index (χ0n) is 12.9. The highest BCUT2D eigenvalue weighted by atomic mass is 16.2. The summed E-state index contributed by atoms with van der Waals surface area (Å²) in [5.41, 5.74) is 0. The third-order valence-corrected chi connectivity index (χ3v) is 4.68. The van der Waals surface area contributed by atoms with Gasteiger partial charge < -0.3 is 9.80 Å². The monoisotopic (exact) mass is 280 g/mol. The minimum absolute atomic E-state index is 0.0929. The highest BCUT2D eigenvalue weighted by Crippen LogP contribution is 2.25. The predicted molar refractivity (Wildman–Crippen MR) is 79.2 cm³/mol. The van der Waals surface area contributed by atoms with Crippen molar-refractivity contribution in [3.8, 4) is 0 Å². The van der Waals surface area contributed by atoms with Crippen molar-refractivity contribution in [1.82, 2.24) is 9.80 Å². The van der Waals surface area contributed by atoms with Gasteiger partial charge in [0.25, 0.3) is 0 Å². The van der Waals surface area contributed by atoms with E-state index < -0.39 is 0 Å². The van der Waals surface area contributed by atoms with E-state index in [1.165, 1.54) is 6.42 Å². The SMILES string of the molecule is CCCCCN1CC(C(=O)N2CCCCC2C)CC1=O. The lowest BCUT2D eigenvalue weighted by molar-refractivity contribution is -0.139. The molecule has 0 aliphatic carbocycles. The number of piperidine rings is 1. The van der Waals surface area contributed by atoms with E-state index in [0.717, 1.165) is 45.2 Å². The molecule has 0 saturated carbocycles. The molecule has 2 aliphatic heterocycles. The molecule has 0 N–H and O–H groups in total. The van der Waals surface area contributed by atoms with Gasteiger partial charge in [0.2, 0.25) is 11.8 Å². The third kappa shape index (κ3) is 3.53. The number of carbonyl (C=O) groups excluding carboxylic acids is 2. The van der Waals surface area contributed by atoms with E-state index in [2.05, 4.69) is 13.8 Å². The Morgan fingerprint density at radius 3 is 2.80 bits per heavy atom. The summed E-state index contributed by atoms with van der Waals surface area (Å²) in [4.78, 5) is 28.5. The molecule has 0 bridgehead atoms. The Kier molecular flexibility index (Phi) is 5.44. The van der Waals surface area contributed by atoms with Crippen LogP contribution in [0.5, 0.6) is 0 Å². The quantitative estimate of drug-likeness (QED) is 0.726. The number of hydrogen-bond donors (Lipinski definition) is 0. The molecular formula is C16H28N2O2. The molecule has 0 aromatic rings. The van der Waals surface area contributed by atoms with Gasteiger partial charge in [0.15, 0.2) is 0 Å². The van der Waals surface area contributed by atoms with Crippen molar-refractivity contribution in [3.05, 3.63) is 0 Å². The first kappa shape index (κ1) is 15.3. The van der Waals surface area contributed by atoms with E-state index in [0.29, 0.717) is 19.0 Å². The van der Waals surface area contributed by atoms with Crippen LogP contribution in [-0.4, -0.2) is 47.3 Å². The lowest BCUT2D eigenvalue weighted by Crippen LogP contribution is -2.45. The number of carbonyl (C=O) groups is 2. The molecule has 2 aliphatic rings. The molecule has 4 heteroatoms. The summed E-state index contributed by atoms with van der Waals surface area (Å²) in [6.45, 7) is 6.64. The summed E-state index contributed by atoms with van der Waals surface area (Å²) in [5, 5.41) is 0. The first-order valence-corrected chi connectivity index (χ1v) is 8.21.